The van der Waals surface area contributed by atoms with Crippen LogP contribution in [-0.4, -0.2) is 22.1 Å². The zero-order valence-corrected chi connectivity index (χ0v) is 9.98. The summed E-state index contributed by atoms with van der Waals surface area (Å²) in [7, 11) is 1.38. The maximum atomic E-state index is 12.8. The van der Waals surface area contributed by atoms with Gasteiger partial charge < -0.3 is 15.2 Å². The zero-order valence-electron chi connectivity index (χ0n) is 9.22. The van der Waals surface area contributed by atoms with E-state index in [1.54, 1.807) is 0 Å². The molecule has 0 saturated carbocycles. The summed E-state index contributed by atoms with van der Waals surface area (Å²) >= 11 is 5.79. The second kappa shape index (κ2) is 5.01. The van der Waals surface area contributed by atoms with Gasteiger partial charge in [0.1, 0.15) is 11.6 Å². The molecule has 1 aromatic carbocycles. The first-order chi connectivity index (χ1) is 8.58. The number of hydrogen-bond acceptors (Lipinski definition) is 6. The second-order valence-electron chi connectivity index (χ2n) is 3.14. The summed E-state index contributed by atoms with van der Waals surface area (Å²) in [6.45, 7) is 0. The standard InChI is InChI=1S/C10H8ClFN4O2/c1-17-9-14-8(13)15-10(16-9)18-7-3-2-5(12)4-6(7)11/h2-4H,1H3,(H2,13,14,15,16). The van der Waals surface area contributed by atoms with E-state index in [0.717, 1.165) is 6.07 Å². The van der Waals surface area contributed by atoms with Gasteiger partial charge in [0.2, 0.25) is 5.95 Å². The molecule has 0 aliphatic rings. The minimum atomic E-state index is -0.472. The second-order valence-corrected chi connectivity index (χ2v) is 3.55. The number of aromatic nitrogens is 3. The van der Waals surface area contributed by atoms with Gasteiger partial charge in [-0.25, -0.2) is 4.39 Å². The van der Waals surface area contributed by atoms with Crippen LogP contribution in [-0.2, 0) is 0 Å². The highest BCUT2D eigenvalue weighted by molar-refractivity contribution is 6.32. The first kappa shape index (κ1) is 12.3. The Balaban J connectivity index is 2.30. The number of anilines is 1. The van der Waals surface area contributed by atoms with Crippen molar-refractivity contribution >= 4 is 17.5 Å². The van der Waals surface area contributed by atoms with Gasteiger partial charge in [-0.1, -0.05) is 11.6 Å². The molecule has 8 heteroatoms. The van der Waals surface area contributed by atoms with Gasteiger partial charge in [0.15, 0.2) is 0 Å². The van der Waals surface area contributed by atoms with Crippen LogP contribution in [0.3, 0.4) is 0 Å². The molecule has 0 radical (unpaired) electrons. The predicted octanol–water partition coefficient (Wildman–Crippen LogP) is 2.05. The smallest absolute Gasteiger partial charge is 0.330 e. The number of nitrogens with two attached hydrogens (primary N) is 1. The SMILES string of the molecule is COc1nc(N)nc(Oc2ccc(F)cc2Cl)n1. The van der Waals surface area contributed by atoms with E-state index in [4.69, 9.17) is 26.8 Å². The summed E-state index contributed by atoms with van der Waals surface area (Å²) in [5.41, 5.74) is 5.44. The van der Waals surface area contributed by atoms with E-state index in [1.807, 2.05) is 0 Å². The normalized spacial score (nSPS) is 10.2. The highest BCUT2D eigenvalue weighted by atomic mass is 35.5. The van der Waals surface area contributed by atoms with E-state index in [9.17, 15) is 4.39 Å². The van der Waals surface area contributed by atoms with Crippen LogP contribution in [0.25, 0.3) is 0 Å². The molecule has 0 fully saturated rings. The van der Waals surface area contributed by atoms with Crippen LogP contribution in [0.1, 0.15) is 0 Å². The molecule has 0 saturated heterocycles. The summed E-state index contributed by atoms with van der Waals surface area (Å²) in [6, 6.07) is 3.58. The lowest BCUT2D eigenvalue weighted by Gasteiger charge is -2.06. The van der Waals surface area contributed by atoms with Crippen LogP contribution in [0, 0.1) is 5.82 Å². The Bertz CT molecular complexity index is 582. The molecule has 6 nitrogen and oxygen atoms in total. The zero-order chi connectivity index (χ0) is 13.1. The fourth-order valence-electron chi connectivity index (χ4n) is 1.15. The number of halogens is 2. The molecule has 0 aliphatic heterocycles. The minimum absolute atomic E-state index is 0.00994. The number of methoxy groups -OCH3 is 1. The minimum Gasteiger partial charge on any atom is -0.467 e. The molecule has 0 atom stereocenters. The molecule has 0 unspecified atom stereocenters. The summed E-state index contributed by atoms with van der Waals surface area (Å²) in [5, 5.41) is 0.0907. The molecule has 94 valence electrons. The van der Waals surface area contributed by atoms with Crippen molar-refractivity contribution in [1.29, 1.82) is 0 Å². The van der Waals surface area contributed by atoms with Crippen molar-refractivity contribution in [2.45, 2.75) is 0 Å². The van der Waals surface area contributed by atoms with E-state index in [0.29, 0.717) is 0 Å². The lowest BCUT2D eigenvalue weighted by atomic mass is 10.3. The summed E-state index contributed by atoms with van der Waals surface area (Å²) < 4.78 is 22.9. The molecule has 0 amide bonds. The highest BCUT2D eigenvalue weighted by Crippen LogP contribution is 2.28. The molecule has 1 aromatic heterocycles. The van der Waals surface area contributed by atoms with E-state index in [1.165, 1.54) is 19.2 Å². The molecule has 1 heterocycles. The van der Waals surface area contributed by atoms with Crippen molar-refractivity contribution in [3.63, 3.8) is 0 Å². The first-order valence-electron chi connectivity index (χ1n) is 4.77. The molecule has 0 spiro atoms. The Morgan fingerprint density at radius 2 is 1.94 bits per heavy atom. The van der Waals surface area contributed by atoms with Crippen LogP contribution >= 0.6 is 11.6 Å². The van der Waals surface area contributed by atoms with Gasteiger partial charge in [-0.3, -0.25) is 0 Å². The monoisotopic (exact) mass is 270 g/mol. The lowest BCUT2D eigenvalue weighted by molar-refractivity contribution is 0.360. The van der Waals surface area contributed by atoms with E-state index in [-0.39, 0.29) is 28.7 Å². The van der Waals surface area contributed by atoms with Gasteiger partial charge in [0.25, 0.3) is 0 Å². The average Bonchev–Trinajstić information content (AvgIpc) is 2.32. The molecular formula is C10H8ClFN4O2. The topological polar surface area (TPSA) is 83.2 Å². The Morgan fingerprint density at radius 3 is 2.61 bits per heavy atom. The Hall–Kier alpha value is -2.15. The van der Waals surface area contributed by atoms with Gasteiger partial charge in [-0.15, -0.1) is 4.98 Å². The van der Waals surface area contributed by atoms with Crippen molar-refractivity contribution < 1.29 is 13.9 Å². The molecular weight excluding hydrogens is 263 g/mol. The highest BCUT2D eigenvalue weighted by Gasteiger charge is 2.09. The molecule has 0 aliphatic carbocycles. The van der Waals surface area contributed by atoms with Crippen molar-refractivity contribution in [1.82, 2.24) is 15.0 Å². The van der Waals surface area contributed by atoms with Crippen molar-refractivity contribution in [2.24, 2.45) is 0 Å². The fourth-order valence-corrected chi connectivity index (χ4v) is 1.35. The third-order valence-electron chi connectivity index (χ3n) is 1.89. The molecule has 2 aromatic rings. The largest absolute Gasteiger partial charge is 0.467 e. The van der Waals surface area contributed by atoms with Gasteiger partial charge in [0, 0.05) is 0 Å². The van der Waals surface area contributed by atoms with Gasteiger partial charge in [0.05, 0.1) is 12.1 Å². The predicted molar refractivity (Wildman–Crippen MR) is 62.3 cm³/mol. The number of nitrogens with zero attached hydrogens (tertiary/aromatic N) is 3. The Labute approximate surface area is 107 Å². The van der Waals surface area contributed by atoms with Crippen LogP contribution < -0.4 is 15.2 Å². The van der Waals surface area contributed by atoms with Gasteiger partial charge in [-0.05, 0) is 18.2 Å². The number of ether oxygens (including phenoxy) is 2. The van der Waals surface area contributed by atoms with Crippen LogP contribution in [0.5, 0.6) is 17.8 Å². The third-order valence-corrected chi connectivity index (χ3v) is 2.18. The average molecular weight is 271 g/mol. The van der Waals surface area contributed by atoms with Crippen molar-refractivity contribution in [3.8, 4) is 17.8 Å². The van der Waals surface area contributed by atoms with Crippen molar-refractivity contribution in [2.75, 3.05) is 12.8 Å². The van der Waals surface area contributed by atoms with Crippen LogP contribution in [0.15, 0.2) is 18.2 Å². The lowest BCUT2D eigenvalue weighted by Crippen LogP contribution is -2.03. The summed E-state index contributed by atoms with van der Waals surface area (Å²) in [5.74, 6) is -0.333. The maximum absolute atomic E-state index is 12.8. The van der Waals surface area contributed by atoms with Crippen LogP contribution in [0.2, 0.25) is 5.02 Å². The fraction of sp³-hybridized carbons (Fsp3) is 0.100. The number of benzene rings is 1. The molecule has 18 heavy (non-hydrogen) atoms. The van der Waals surface area contributed by atoms with Gasteiger partial charge >= 0.3 is 12.0 Å². The number of nitrogen functional groups attached to an aromatic ring is 1. The van der Waals surface area contributed by atoms with Crippen molar-refractivity contribution in [3.05, 3.63) is 29.0 Å². The molecule has 2 rings (SSSR count). The summed E-state index contributed by atoms with van der Waals surface area (Å²) in [4.78, 5) is 11.2. The maximum Gasteiger partial charge on any atom is 0.330 e. The molecule has 0 bridgehead atoms. The quantitative estimate of drug-likeness (QED) is 0.919. The first-order valence-corrected chi connectivity index (χ1v) is 5.14. The van der Waals surface area contributed by atoms with E-state index >= 15 is 0 Å². The summed E-state index contributed by atoms with van der Waals surface area (Å²) in [6.07, 6.45) is 0. The molecule has 2 N–H and O–H groups in total. The van der Waals surface area contributed by atoms with Gasteiger partial charge in [-0.2, -0.15) is 9.97 Å². The van der Waals surface area contributed by atoms with E-state index in [2.05, 4.69) is 15.0 Å². The third kappa shape index (κ3) is 2.75. The van der Waals surface area contributed by atoms with E-state index < -0.39 is 5.82 Å². The number of hydrogen-bond donors (Lipinski definition) is 1. The Kier molecular flexibility index (Phi) is 3.42. The van der Waals surface area contributed by atoms with Crippen LogP contribution in [0.4, 0.5) is 10.3 Å². The number of rotatable bonds is 3. The Morgan fingerprint density at radius 1 is 1.22 bits per heavy atom.